The first-order valence-corrected chi connectivity index (χ1v) is 6.89. The predicted octanol–water partition coefficient (Wildman–Crippen LogP) is 5.43. The fourth-order valence-electron chi connectivity index (χ4n) is 1.82. The fourth-order valence-corrected chi connectivity index (χ4v) is 1.82. The Morgan fingerprint density at radius 2 is 1.58 bits per heavy atom. The van der Waals surface area contributed by atoms with Crippen LogP contribution in [-0.2, 0) is 37.4 Å². The largest absolute Gasteiger partial charge is 0.448 e. The molecule has 1 aliphatic rings. The summed E-state index contributed by atoms with van der Waals surface area (Å²) in [5.41, 5.74) is 2.01. The normalized spacial score (nSPS) is 11.5. The van der Waals surface area contributed by atoms with E-state index in [0.717, 1.165) is 12.1 Å². The molecule has 0 unspecified atom stereocenters. The maximum absolute atomic E-state index is 10.7. The van der Waals surface area contributed by atoms with Crippen molar-refractivity contribution in [2.75, 3.05) is 13.2 Å². The van der Waals surface area contributed by atoms with E-state index >= 15 is 0 Å². The molecule has 1 aliphatic heterocycles. The predicted molar refractivity (Wildman–Crippen MR) is 98.6 cm³/mol. The van der Waals surface area contributed by atoms with Crippen LogP contribution < -0.4 is 0 Å². The van der Waals surface area contributed by atoms with Crippen LogP contribution in [0.4, 0.5) is 4.79 Å². The summed E-state index contributed by atoms with van der Waals surface area (Å²) in [4.78, 5) is 12.4. The zero-order valence-electron chi connectivity index (χ0n) is 13.2. The molecule has 0 spiro atoms. The van der Waals surface area contributed by atoms with E-state index in [0.29, 0.717) is 12.5 Å². The van der Waals surface area contributed by atoms with Gasteiger partial charge in [0.05, 0.1) is 18.2 Å². The summed E-state index contributed by atoms with van der Waals surface area (Å²) in [6.45, 7) is 9.54. The number of cyclic esters (lactones) is 1. The SMILES string of the molecule is C.C.C.CC(C)N1CCOC1=O.CC(C)c1ccc(C#N)cc1.[Y]. The van der Waals surface area contributed by atoms with Gasteiger partial charge in [-0.1, -0.05) is 48.3 Å². The molecule has 5 heteroatoms. The quantitative estimate of drug-likeness (QED) is 0.652. The first kappa shape index (κ1) is 30.9. The summed E-state index contributed by atoms with van der Waals surface area (Å²) < 4.78 is 4.71. The maximum atomic E-state index is 10.7. The Kier molecular flexibility index (Phi) is 20.1. The first-order chi connectivity index (χ1) is 9.45. The van der Waals surface area contributed by atoms with E-state index < -0.39 is 0 Å². The Morgan fingerprint density at radius 3 is 1.83 bits per heavy atom. The Morgan fingerprint density at radius 1 is 1.08 bits per heavy atom. The zero-order chi connectivity index (χ0) is 15.1. The van der Waals surface area contributed by atoms with Gasteiger partial charge in [0, 0.05) is 38.8 Å². The molecule has 1 radical (unpaired) electrons. The summed E-state index contributed by atoms with van der Waals surface area (Å²) in [5.74, 6) is 0.544. The number of hydrogen-bond donors (Lipinski definition) is 0. The Labute approximate surface area is 174 Å². The number of carbonyl (C=O) groups excluding carboxylic acids is 1. The minimum Gasteiger partial charge on any atom is -0.448 e. The van der Waals surface area contributed by atoms with Crippen molar-refractivity contribution >= 4 is 6.09 Å². The smallest absolute Gasteiger partial charge is 0.410 e. The van der Waals surface area contributed by atoms with Crippen LogP contribution in [0.1, 0.15) is 67.0 Å². The summed E-state index contributed by atoms with van der Waals surface area (Å²) in [6.07, 6.45) is -0.176. The molecule has 0 N–H and O–H groups in total. The van der Waals surface area contributed by atoms with E-state index in [1.165, 1.54) is 5.56 Å². The van der Waals surface area contributed by atoms with Gasteiger partial charge in [-0.2, -0.15) is 5.26 Å². The van der Waals surface area contributed by atoms with Gasteiger partial charge in [0.25, 0.3) is 0 Å². The minimum atomic E-state index is -0.176. The zero-order valence-corrected chi connectivity index (χ0v) is 16.0. The van der Waals surface area contributed by atoms with Crippen LogP contribution in [-0.4, -0.2) is 30.2 Å². The molecule has 0 bridgehead atoms. The van der Waals surface area contributed by atoms with Crippen molar-refractivity contribution in [2.24, 2.45) is 0 Å². The number of nitriles is 1. The van der Waals surface area contributed by atoms with Crippen LogP contribution >= 0.6 is 0 Å². The molecule has 1 heterocycles. The number of benzene rings is 1. The standard InChI is InChI=1S/C10H11N.C6H11NO2.3CH4.Y/c1-8(2)10-5-3-9(7-11)4-6-10;1-5(2)7-3-4-9-6(7)8;;;;/h3-6,8H,1-2H3;5H,3-4H2,1-2H3;3*1H4;. The molecular weight excluding hydrogens is 377 g/mol. The third kappa shape index (κ3) is 10.1. The van der Waals surface area contributed by atoms with Crippen molar-refractivity contribution in [1.82, 2.24) is 4.90 Å². The molecule has 1 saturated heterocycles. The van der Waals surface area contributed by atoms with Crippen LogP contribution in [0.25, 0.3) is 0 Å². The van der Waals surface area contributed by atoms with E-state index in [1.54, 1.807) is 4.90 Å². The van der Waals surface area contributed by atoms with Crippen LogP contribution in [0.5, 0.6) is 0 Å². The molecule has 0 aromatic heterocycles. The molecule has 4 nitrogen and oxygen atoms in total. The second-order valence-electron chi connectivity index (χ2n) is 5.29. The van der Waals surface area contributed by atoms with Gasteiger partial charge in [-0.15, -0.1) is 0 Å². The first-order valence-electron chi connectivity index (χ1n) is 6.89. The summed E-state index contributed by atoms with van der Waals surface area (Å²) in [5, 5.41) is 8.52. The summed E-state index contributed by atoms with van der Waals surface area (Å²) in [7, 11) is 0. The van der Waals surface area contributed by atoms with Gasteiger partial charge in [0.1, 0.15) is 6.61 Å². The summed E-state index contributed by atoms with van der Waals surface area (Å²) in [6, 6.07) is 10.1. The third-order valence-electron chi connectivity index (χ3n) is 3.12. The molecular formula is C19H34N2O2Y. The number of nitrogens with zero attached hydrogens (tertiary/aromatic N) is 2. The van der Waals surface area contributed by atoms with Gasteiger partial charge in [0.15, 0.2) is 0 Å². The monoisotopic (exact) mass is 411 g/mol. The fraction of sp³-hybridized carbons (Fsp3) is 0.579. The van der Waals surface area contributed by atoms with Gasteiger partial charge in [-0.05, 0) is 37.5 Å². The summed E-state index contributed by atoms with van der Waals surface area (Å²) >= 11 is 0. The topological polar surface area (TPSA) is 53.3 Å². The van der Waals surface area contributed by atoms with Crippen molar-refractivity contribution in [3.8, 4) is 6.07 Å². The van der Waals surface area contributed by atoms with Crippen LogP contribution in [0.2, 0.25) is 0 Å². The van der Waals surface area contributed by atoms with Crippen LogP contribution in [0, 0.1) is 11.3 Å². The average molecular weight is 411 g/mol. The molecule has 1 fully saturated rings. The Balaban J connectivity index is -0.000000145. The van der Waals surface area contributed by atoms with E-state index in [2.05, 4.69) is 19.9 Å². The van der Waals surface area contributed by atoms with Gasteiger partial charge in [-0.3, -0.25) is 0 Å². The molecule has 1 amide bonds. The molecule has 2 rings (SSSR count). The molecule has 135 valence electrons. The molecule has 24 heavy (non-hydrogen) atoms. The van der Waals surface area contributed by atoms with E-state index in [-0.39, 0.29) is 67.1 Å². The second kappa shape index (κ2) is 15.6. The molecule has 1 aromatic rings. The van der Waals surface area contributed by atoms with Gasteiger partial charge in [-0.25, -0.2) is 4.79 Å². The molecule has 1 aromatic carbocycles. The van der Waals surface area contributed by atoms with Crippen molar-refractivity contribution in [1.29, 1.82) is 5.26 Å². The average Bonchev–Trinajstić information content (AvgIpc) is 2.86. The number of hydrogen-bond acceptors (Lipinski definition) is 3. The number of amides is 1. The Bertz CT molecular complexity index is 479. The maximum Gasteiger partial charge on any atom is 0.410 e. The third-order valence-corrected chi connectivity index (χ3v) is 3.12. The minimum absolute atomic E-state index is 0. The number of rotatable bonds is 2. The van der Waals surface area contributed by atoms with E-state index in [4.69, 9.17) is 10.00 Å². The van der Waals surface area contributed by atoms with E-state index in [1.807, 2.05) is 38.1 Å². The van der Waals surface area contributed by atoms with Crippen molar-refractivity contribution in [3.63, 3.8) is 0 Å². The van der Waals surface area contributed by atoms with Crippen LogP contribution in [0.3, 0.4) is 0 Å². The molecule has 0 atom stereocenters. The van der Waals surface area contributed by atoms with Gasteiger partial charge in [0.2, 0.25) is 0 Å². The molecule has 0 aliphatic carbocycles. The van der Waals surface area contributed by atoms with Crippen molar-refractivity contribution in [3.05, 3.63) is 35.4 Å². The number of carbonyl (C=O) groups is 1. The number of ether oxygens (including phenoxy) is 1. The van der Waals surface area contributed by atoms with Crippen molar-refractivity contribution < 1.29 is 42.2 Å². The van der Waals surface area contributed by atoms with E-state index in [9.17, 15) is 4.79 Å². The van der Waals surface area contributed by atoms with Gasteiger partial charge >= 0.3 is 6.09 Å². The second-order valence-corrected chi connectivity index (χ2v) is 5.29. The van der Waals surface area contributed by atoms with Crippen LogP contribution in [0.15, 0.2) is 24.3 Å². The Hall–Kier alpha value is -0.916. The van der Waals surface area contributed by atoms with Gasteiger partial charge < -0.3 is 9.64 Å². The molecule has 0 saturated carbocycles. The van der Waals surface area contributed by atoms with Crippen molar-refractivity contribution in [2.45, 2.75) is 61.9 Å².